The van der Waals surface area contributed by atoms with Gasteiger partial charge in [0.1, 0.15) is 10.8 Å². The molecule has 0 aliphatic rings. The van der Waals surface area contributed by atoms with Gasteiger partial charge in [0.25, 0.3) is 0 Å². The van der Waals surface area contributed by atoms with E-state index in [0.29, 0.717) is 21.3 Å². The Balaban J connectivity index is 2.22. The molecular weight excluding hydrogens is 271 g/mol. The normalized spacial score (nSPS) is 11.0. The maximum Gasteiger partial charge on any atom is 0.133 e. The summed E-state index contributed by atoms with van der Waals surface area (Å²) in [5.74, 6) is -0.325. The van der Waals surface area contributed by atoms with E-state index in [1.165, 1.54) is 23.5 Å². The Morgan fingerprint density at radius 3 is 2.83 bits per heavy atom. The second-order valence-electron chi connectivity index (χ2n) is 3.87. The maximum absolute atomic E-state index is 13.7. The Bertz CT molecular complexity index is 739. The molecule has 18 heavy (non-hydrogen) atoms. The van der Waals surface area contributed by atoms with E-state index in [1.807, 2.05) is 12.1 Å². The van der Waals surface area contributed by atoms with Gasteiger partial charge < -0.3 is 5.73 Å². The second kappa shape index (κ2) is 4.23. The lowest BCUT2D eigenvalue weighted by Gasteiger charge is -1.99. The van der Waals surface area contributed by atoms with Crippen LogP contribution in [0.3, 0.4) is 0 Å². The van der Waals surface area contributed by atoms with Crippen LogP contribution in [0.2, 0.25) is 5.02 Å². The number of thiazole rings is 1. The van der Waals surface area contributed by atoms with Crippen LogP contribution in [-0.4, -0.2) is 4.98 Å². The van der Waals surface area contributed by atoms with Gasteiger partial charge in [-0.3, -0.25) is 0 Å². The van der Waals surface area contributed by atoms with Crippen LogP contribution in [0.1, 0.15) is 0 Å². The molecule has 0 radical (unpaired) electrons. The van der Waals surface area contributed by atoms with Crippen molar-refractivity contribution in [3.8, 4) is 10.6 Å². The largest absolute Gasteiger partial charge is 0.399 e. The Hall–Kier alpha value is -1.65. The SMILES string of the molecule is Nc1ccc(F)c(-c2nc3ccc(Cl)cc3s2)c1. The van der Waals surface area contributed by atoms with E-state index in [9.17, 15) is 4.39 Å². The molecule has 0 bridgehead atoms. The van der Waals surface area contributed by atoms with Crippen LogP contribution in [0.15, 0.2) is 36.4 Å². The molecule has 2 nitrogen and oxygen atoms in total. The molecule has 0 unspecified atom stereocenters. The molecule has 0 saturated carbocycles. The van der Waals surface area contributed by atoms with Gasteiger partial charge in [-0.1, -0.05) is 11.6 Å². The van der Waals surface area contributed by atoms with Gasteiger partial charge in [-0.05, 0) is 36.4 Å². The first-order chi connectivity index (χ1) is 8.63. The smallest absolute Gasteiger partial charge is 0.133 e. The topological polar surface area (TPSA) is 38.9 Å². The number of hydrogen-bond acceptors (Lipinski definition) is 3. The first-order valence-electron chi connectivity index (χ1n) is 5.25. The first kappa shape index (κ1) is 11.4. The standard InChI is InChI=1S/C13H8ClFN2S/c14-7-1-4-11-12(5-7)18-13(17-11)9-6-8(16)2-3-10(9)15/h1-6H,16H2. The number of aromatic nitrogens is 1. The van der Waals surface area contributed by atoms with Gasteiger partial charge in [-0.25, -0.2) is 9.37 Å². The quantitative estimate of drug-likeness (QED) is 0.673. The van der Waals surface area contributed by atoms with E-state index in [4.69, 9.17) is 17.3 Å². The predicted octanol–water partition coefficient (Wildman–Crippen LogP) is 4.34. The Morgan fingerprint density at radius 1 is 1.17 bits per heavy atom. The third-order valence-corrected chi connectivity index (χ3v) is 3.86. The van der Waals surface area contributed by atoms with Crippen LogP contribution < -0.4 is 5.73 Å². The van der Waals surface area contributed by atoms with Crippen LogP contribution in [0.25, 0.3) is 20.8 Å². The summed E-state index contributed by atoms with van der Waals surface area (Å²) in [4.78, 5) is 4.39. The fourth-order valence-electron chi connectivity index (χ4n) is 1.72. The molecule has 90 valence electrons. The van der Waals surface area contributed by atoms with Crippen LogP contribution in [0.4, 0.5) is 10.1 Å². The van der Waals surface area contributed by atoms with Crippen molar-refractivity contribution in [2.24, 2.45) is 0 Å². The van der Waals surface area contributed by atoms with Crippen molar-refractivity contribution in [2.75, 3.05) is 5.73 Å². The number of nitrogens with zero attached hydrogens (tertiary/aromatic N) is 1. The Labute approximate surface area is 112 Å². The molecule has 3 rings (SSSR count). The molecule has 0 fully saturated rings. The van der Waals surface area contributed by atoms with Gasteiger partial charge in [0.15, 0.2) is 0 Å². The minimum atomic E-state index is -0.325. The summed E-state index contributed by atoms with van der Waals surface area (Å²) in [6, 6.07) is 9.88. The number of hydrogen-bond donors (Lipinski definition) is 1. The van der Waals surface area contributed by atoms with Crippen LogP contribution in [0, 0.1) is 5.82 Å². The van der Waals surface area contributed by atoms with Crippen molar-refractivity contribution in [2.45, 2.75) is 0 Å². The minimum Gasteiger partial charge on any atom is -0.399 e. The number of anilines is 1. The van der Waals surface area contributed by atoms with Gasteiger partial charge in [0, 0.05) is 16.3 Å². The van der Waals surface area contributed by atoms with Crippen LogP contribution in [-0.2, 0) is 0 Å². The lowest BCUT2D eigenvalue weighted by molar-refractivity contribution is 0.631. The third-order valence-electron chi connectivity index (χ3n) is 2.57. The number of fused-ring (bicyclic) bond motifs is 1. The van der Waals surface area contributed by atoms with Gasteiger partial charge >= 0.3 is 0 Å². The molecular formula is C13H8ClFN2S. The average Bonchev–Trinajstić information content (AvgIpc) is 2.74. The van der Waals surface area contributed by atoms with Gasteiger partial charge in [-0.2, -0.15) is 0 Å². The van der Waals surface area contributed by atoms with E-state index in [0.717, 1.165) is 10.2 Å². The van der Waals surface area contributed by atoms with Crippen LogP contribution in [0.5, 0.6) is 0 Å². The number of benzene rings is 2. The van der Waals surface area contributed by atoms with E-state index in [1.54, 1.807) is 12.1 Å². The summed E-state index contributed by atoms with van der Waals surface area (Å²) < 4.78 is 14.7. The number of halogens is 2. The molecule has 2 aromatic carbocycles. The van der Waals surface area contributed by atoms with Crippen LogP contribution >= 0.6 is 22.9 Å². The highest BCUT2D eigenvalue weighted by molar-refractivity contribution is 7.21. The van der Waals surface area contributed by atoms with Gasteiger partial charge in [0.2, 0.25) is 0 Å². The summed E-state index contributed by atoms with van der Waals surface area (Å²) in [6.07, 6.45) is 0. The fraction of sp³-hybridized carbons (Fsp3) is 0. The summed E-state index contributed by atoms with van der Waals surface area (Å²) >= 11 is 7.31. The average molecular weight is 279 g/mol. The third kappa shape index (κ3) is 1.94. The van der Waals surface area contributed by atoms with E-state index in [-0.39, 0.29) is 5.82 Å². The maximum atomic E-state index is 13.7. The van der Waals surface area contributed by atoms with E-state index >= 15 is 0 Å². The van der Waals surface area contributed by atoms with Crippen molar-refractivity contribution in [3.63, 3.8) is 0 Å². The fourth-order valence-corrected chi connectivity index (χ4v) is 2.98. The molecule has 1 aromatic heterocycles. The van der Waals surface area contributed by atoms with Gasteiger partial charge in [0.05, 0.1) is 10.2 Å². The van der Waals surface area contributed by atoms with Crippen molar-refractivity contribution in [3.05, 3.63) is 47.2 Å². The summed E-state index contributed by atoms with van der Waals surface area (Å²) in [6.45, 7) is 0. The molecule has 5 heteroatoms. The Kier molecular flexibility index (Phi) is 2.69. The number of nitrogens with two attached hydrogens (primary N) is 1. The monoisotopic (exact) mass is 278 g/mol. The molecule has 0 atom stereocenters. The lowest BCUT2D eigenvalue weighted by Crippen LogP contribution is -1.88. The molecule has 0 amide bonds. The highest BCUT2D eigenvalue weighted by Crippen LogP contribution is 2.33. The first-order valence-corrected chi connectivity index (χ1v) is 6.44. The number of rotatable bonds is 1. The molecule has 0 spiro atoms. The lowest BCUT2D eigenvalue weighted by atomic mass is 10.2. The highest BCUT2D eigenvalue weighted by Gasteiger charge is 2.11. The zero-order chi connectivity index (χ0) is 12.7. The van der Waals surface area contributed by atoms with Crippen molar-refractivity contribution in [1.29, 1.82) is 0 Å². The number of nitrogen functional groups attached to an aromatic ring is 1. The Morgan fingerprint density at radius 2 is 2.00 bits per heavy atom. The summed E-state index contributed by atoms with van der Waals surface area (Å²) in [7, 11) is 0. The molecule has 1 heterocycles. The van der Waals surface area contributed by atoms with Crippen molar-refractivity contribution in [1.82, 2.24) is 4.98 Å². The molecule has 0 aliphatic heterocycles. The van der Waals surface area contributed by atoms with Crippen molar-refractivity contribution < 1.29 is 4.39 Å². The zero-order valence-corrected chi connectivity index (χ0v) is 10.7. The summed E-state index contributed by atoms with van der Waals surface area (Å²) in [5.41, 5.74) is 7.42. The molecule has 3 aromatic rings. The van der Waals surface area contributed by atoms with E-state index < -0.39 is 0 Å². The summed E-state index contributed by atoms with van der Waals surface area (Å²) in [5, 5.41) is 1.25. The van der Waals surface area contributed by atoms with E-state index in [2.05, 4.69) is 4.98 Å². The zero-order valence-electron chi connectivity index (χ0n) is 9.15. The van der Waals surface area contributed by atoms with Crippen molar-refractivity contribution >= 4 is 38.8 Å². The highest BCUT2D eigenvalue weighted by atomic mass is 35.5. The second-order valence-corrected chi connectivity index (χ2v) is 5.34. The molecule has 2 N–H and O–H groups in total. The molecule has 0 aliphatic carbocycles. The minimum absolute atomic E-state index is 0.325. The van der Waals surface area contributed by atoms with Gasteiger partial charge in [-0.15, -0.1) is 11.3 Å². The predicted molar refractivity (Wildman–Crippen MR) is 74.4 cm³/mol. The molecule has 0 saturated heterocycles.